The van der Waals surface area contributed by atoms with Crippen LogP contribution >= 0.6 is 12.3 Å². The summed E-state index contributed by atoms with van der Waals surface area (Å²) in [6.45, 7) is 4.62. The lowest BCUT2D eigenvalue weighted by Gasteiger charge is -2.23. The van der Waals surface area contributed by atoms with Crippen LogP contribution in [0, 0.1) is 0 Å². The number of ether oxygens (including phenoxy) is 2. The summed E-state index contributed by atoms with van der Waals surface area (Å²) in [7, 11) is 0. The van der Waals surface area contributed by atoms with Gasteiger partial charge < -0.3 is 19.7 Å². The highest BCUT2D eigenvalue weighted by Gasteiger charge is 2.33. The molecule has 1 fully saturated rings. The molecular weight excluding hydrogens is 409 g/mol. The number of benzene rings is 1. The zero-order chi connectivity index (χ0) is 21.3. The van der Waals surface area contributed by atoms with Crippen LogP contribution in [0.25, 0.3) is 22.4 Å². The Hall–Kier alpha value is -2.04. The molecule has 1 aliphatic rings. The third-order valence-electron chi connectivity index (χ3n) is 5.37. The predicted molar refractivity (Wildman–Crippen MR) is 112 cm³/mol. The maximum atomic E-state index is 14.0. The third kappa shape index (κ3) is 3.72. The molecule has 9 heteroatoms. The number of nitrogens with zero attached hydrogens (tertiary/aromatic N) is 3. The van der Waals surface area contributed by atoms with Crippen molar-refractivity contribution < 1.29 is 23.6 Å². The molecule has 1 atom stereocenters. The Morgan fingerprint density at radius 2 is 1.97 bits per heavy atom. The molecule has 0 amide bonds. The first-order valence-electron chi connectivity index (χ1n) is 9.86. The molecule has 0 spiro atoms. The van der Waals surface area contributed by atoms with Gasteiger partial charge >= 0.3 is 0 Å². The average Bonchev–Trinajstić information content (AvgIpc) is 3.35. The van der Waals surface area contributed by atoms with Crippen molar-refractivity contribution in [2.24, 2.45) is 0 Å². The van der Waals surface area contributed by atoms with Crippen LogP contribution in [0.5, 0.6) is 0 Å². The molecule has 3 heterocycles. The molecule has 160 valence electrons. The smallest absolute Gasteiger partial charge is 0.192 e. The van der Waals surface area contributed by atoms with E-state index in [0.29, 0.717) is 42.2 Å². The van der Waals surface area contributed by atoms with Crippen LogP contribution in [0.4, 0.5) is 3.89 Å². The SMILES string of the molecule is CCc1c(-c2ccc(C3(C)OCCO3)cc2)n(SF)c2ncc(CC(O)CO)nc12. The Balaban J connectivity index is 1.79. The number of aromatic nitrogens is 3. The Labute approximate surface area is 178 Å². The molecule has 2 aromatic heterocycles. The lowest BCUT2D eigenvalue weighted by atomic mass is 10.0. The number of aryl methyl sites for hydroxylation is 1. The molecule has 0 saturated carbocycles. The van der Waals surface area contributed by atoms with Crippen LogP contribution in [0.1, 0.15) is 30.7 Å². The van der Waals surface area contributed by atoms with Crippen molar-refractivity contribution in [1.29, 1.82) is 0 Å². The Morgan fingerprint density at radius 1 is 1.27 bits per heavy atom. The van der Waals surface area contributed by atoms with E-state index in [0.717, 1.165) is 16.7 Å². The molecule has 1 unspecified atom stereocenters. The molecule has 1 aromatic carbocycles. The first kappa shape index (κ1) is 21.2. The molecule has 30 heavy (non-hydrogen) atoms. The zero-order valence-electron chi connectivity index (χ0n) is 16.8. The van der Waals surface area contributed by atoms with Gasteiger partial charge in [0.15, 0.2) is 23.8 Å². The average molecular weight is 434 g/mol. The minimum absolute atomic E-state index is 0.0844. The second-order valence-corrected chi connectivity index (χ2v) is 7.84. The Kier molecular flexibility index (Phi) is 6.08. The highest BCUT2D eigenvalue weighted by molar-refractivity contribution is 7.93. The lowest BCUT2D eigenvalue weighted by Crippen LogP contribution is -2.22. The van der Waals surface area contributed by atoms with Gasteiger partial charge in [-0.1, -0.05) is 31.2 Å². The van der Waals surface area contributed by atoms with Gasteiger partial charge in [0.1, 0.15) is 5.52 Å². The molecule has 0 bridgehead atoms. The predicted octanol–water partition coefficient (Wildman–Crippen LogP) is 3.16. The summed E-state index contributed by atoms with van der Waals surface area (Å²) in [4.78, 5) is 9.00. The largest absolute Gasteiger partial charge is 0.394 e. The summed E-state index contributed by atoms with van der Waals surface area (Å²) in [6, 6.07) is 7.69. The van der Waals surface area contributed by atoms with Gasteiger partial charge in [-0.15, -0.1) is 3.89 Å². The van der Waals surface area contributed by atoms with Crippen LogP contribution in [-0.4, -0.2) is 50.1 Å². The number of halogens is 1. The van der Waals surface area contributed by atoms with Crippen molar-refractivity contribution in [1.82, 2.24) is 13.9 Å². The second-order valence-electron chi connectivity index (χ2n) is 7.34. The van der Waals surface area contributed by atoms with Crippen LogP contribution in [0.15, 0.2) is 30.5 Å². The third-order valence-corrected chi connectivity index (χ3v) is 5.86. The van der Waals surface area contributed by atoms with Crippen molar-refractivity contribution in [3.63, 3.8) is 0 Å². The summed E-state index contributed by atoms with van der Waals surface area (Å²) < 4.78 is 26.9. The summed E-state index contributed by atoms with van der Waals surface area (Å²) in [6.07, 6.45) is 1.41. The molecule has 4 rings (SSSR count). The molecular formula is C21H24FN3O4S. The number of aliphatic hydroxyl groups excluding tert-OH is 2. The molecule has 0 aliphatic carbocycles. The normalized spacial score (nSPS) is 17.0. The van der Waals surface area contributed by atoms with E-state index >= 15 is 0 Å². The summed E-state index contributed by atoms with van der Waals surface area (Å²) in [5.41, 5.74) is 4.87. The molecule has 2 N–H and O–H groups in total. The van der Waals surface area contributed by atoms with Crippen LogP contribution in [0.3, 0.4) is 0 Å². The monoisotopic (exact) mass is 433 g/mol. The van der Waals surface area contributed by atoms with Crippen LogP contribution in [0.2, 0.25) is 0 Å². The van der Waals surface area contributed by atoms with E-state index in [4.69, 9.17) is 14.6 Å². The minimum Gasteiger partial charge on any atom is -0.394 e. The highest BCUT2D eigenvalue weighted by Crippen LogP contribution is 2.38. The second kappa shape index (κ2) is 8.60. The summed E-state index contributed by atoms with van der Waals surface area (Å²) >= 11 is 0.0844. The summed E-state index contributed by atoms with van der Waals surface area (Å²) in [5.74, 6) is -0.765. The van der Waals surface area contributed by atoms with Crippen molar-refractivity contribution in [3.05, 3.63) is 47.3 Å². The number of aliphatic hydroxyl groups is 2. The fourth-order valence-corrected chi connectivity index (χ4v) is 4.30. The van der Waals surface area contributed by atoms with Crippen molar-refractivity contribution in [2.45, 2.75) is 38.6 Å². The van der Waals surface area contributed by atoms with E-state index in [1.807, 2.05) is 38.1 Å². The maximum absolute atomic E-state index is 14.0. The summed E-state index contributed by atoms with van der Waals surface area (Å²) in [5, 5.41) is 18.8. The topological polar surface area (TPSA) is 89.6 Å². The fraction of sp³-hybridized carbons (Fsp3) is 0.429. The Morgan fingerprint density at radius 3 is 2.57 bits per heavy atom. The molecule has 1 aliphatic heterocycles. The lowest BCUT2D eigenvalue weighted by molar-refractivity contribution is -0.149. The van der Waals surface area contributed by atoms with Crippen LogP contribution < -0.4 is 0 Å². The Bertz CT molecular complexity index is 1030. The van der Waals surface area contributed by atoms with Crippen molar-refractivity contribution in [3.8, 4) is 11.3 Å². The van der Waals surface area contributed by atoms with E-state index in [9.17, 15) is 8.99 Å². The van der Waals surface area contributed by atoms with Gasteiger partial charge in [0.05, 0.1) is 43.5 Å². The maximum Gasteiger partial charge on any atom is 0.192 e. The highest BCUT2D eigenvalue weighted by atomic mass is 32.2. The van der Waals surface area contributed by atoms with Gasteiger partial charge in [-0.05, 0) is 18.9 Å². The minimum atomic E-state index is -0.909. The fourth-order valence-electron chi connectivity index (χ4n) is 3.82. The standard InChI is InChI=1S/C21H24FN3O4S/c1-3-17-18-20(23-11-15(24-18)10-16(27)12-26)25(30-22)19(17)13-4-6-14(7-5-13)21(2)28-8-9-29-21/h4-7,11,16,26-27H,3,8-10,12H2,1-2H3. The van der Waals surface area contributed by atoms with Gasteiger partial charge in [-0.3, -0.25) is 0 Å². The van der Waals surface area contributed by atoms with E-state index in [2.05, 4.69) is 9.97 Å². The molecule has 3 aromatic rings. The van der Waals surface area contributed by atoms with E-state index < -0.39 is 11.9 Å². The van der Waals surface area contributed by atoms with Crippen LogP contribution in [-0.2, 0) is 28.1 Å². The van der Waals surface area contributed by atoms with E-state index in [-0.39, 0.29) is 25.4 Å². The van der Waals surface area contributed by atoms with Crippen molar-refractivity contribution in [2.75, 3.05) is 19.8 Å². The quantitative estimate of drug-likeness (QED) is 0.592. The number of fused-ring (bicyclic) bond motifs is 1. The van der Waals surface area contributed by atoms with Gasteiger partial charge in [0.2, 0.25) is 0 Å². The molecule has 7 nitrogen and oxygen atoms in total. The molecule has 1 saturated heterocycles. The van der Waals surface area contributed by atoms with E-state index in [1.54, 1.807) is 0 Å². The van der Waals surface area contributed by atoms with E-state index in [1.165, 1.54) is 10.2 Å². The van der Waals surface area contributed by atoms with Gasteiger partial charge in [0.25, 0.3) is 0 Å². The van der Waals surface area contributed by atoms with Gasteiger partial charge in [0, 0.05) is 17.5 Å². The number of rotatable bonds is 7. The molecule has 0 radical (unpaired) electrons. The number of hydrogen-bond donors (Lipinski definition) is 2. The van der Waals surface area contributed by atoms with Gasteiger partial charge in [-0.25, -0.2) is 13.9 Å². The zero-order valence-corrected chi connectivity index (χ0v) is 17.7. The number of hydrogen-bond acceptors (Lipinski definition) is 7. The first-order valence-corrected chi connectivity index (χ1v) is 10.5. The first-order chi connectivity index (χ1) is 14.5. The van der Waals surface area contributed by atoms with Crippen molar-refractivity contribution >= 4 is 23.5 Å². The van der Waals surface area contributed by atoms with Gasteiger partial charge in [-0.2, -0.15) is 0 Å².